The maximum absolute atomic E-state index is 5.70. The monoisotopic (exact) mass is 401 g/mol. The third-order valence-electron chi connectivity index (χ3n) is 6.09. The normalized spacial score (nSPS) is 13.2. The third-order valence-corrected chi connectivity index (χ3v) is 6.09. The van der Waals surface area contributed by atoms with E-state index in [2.05, 4.69) is 53.5 Å². The first-order valence-electron chi connectivity index (χ1n) is 10.8. The Morgan fingerprint density at radius 3 is 2.70 bits per heavy atom. The van der Waals surface area contributed by atoms with Gasteiger partial charge in [-0.25, -0.2) is 9.97 Å². The van der Waals surface area contributed by atoms with E-state index in [1.165, 1.54) is 33.4 Å². The fourth-order valence-electron chi connectivity index (χ4n) is 4.39. The molecule has 5 nitrogen and oxygen atoms in total. The molecule has 156 valence electrons. The van der Waals surface area contributed by atoms with Crippen molar-refractivity contribution in [3.05, 3.63) is 77.4 Å². The van der Waals surface area contributed by atoms with Crippen molar-refractivity contribution < 1.29 is 0 Å². The third kappa shape index (κ3) is 4.31. The molecule has 0 spiro atoms. The van der Waals surface area contributed by atoms with Crippen LogP contribution in [0.5, 0.6) is 0 Å². The van der Waals surface area contributed by atoms with Gasteiger partial charge in [-0.3, -0.25) is 9.47 Å². The van der Waals surface area contributed by atoms with E-state index >= 15 is 0 Å². The van der Waals surface area contributed by atoms with E-state index in [9.17, 15) is 0 Å². The van der Waals surface area contributed by atoms with Gasteiger partial charge in [-0.15, -0.1) is 0 Å². The number of aromatic nitrogens is 3. The second-order valence-corrected chi connectivity index (χ2v) is 8.24. The SMILES string of the molecule is C=C1CCc2c1ccc(CCN(CCC)Cc1ccc(-n3cnc(N)c3)nc1)c2C. The number of allylic oxidation sites excluding steroid dienone is 1. The average molecular weight is 402 g/mol. The minimum Gasteiger partial charge on any atom is -0.382 e. The first-order chi connectivity index (χ1) is 14.5. The molecule has 0 radical (unpaired) electrons. The first kappa shape index (κ1) is 20.4. The quantitative estimate of drug-likeness (QED) is 0.601. The molecule has 1 aliphatic carbocycles. The van der Waals surface area contributed by atoms with Gasteiger partial charge in [0, 0.05) is 19.3 Å². The van der Waals surface area contributed by atoms with Crippen LogP contribution in [-0.4, -0.2) is 32.5 Å². The van der Waals surface area contributed by atoms with Gasteiger partial charge < -0.3 is 5.73 Å². The molecule has 2 heterocycles. The van der Waals surface area contributed by atoms with Crippen LogP contribution in [0.4, 0.5) is 5.82 Å². The lowest BCUT2D eigenvalue weighted by Gasteiger charge is -2.22. The molecule has 1 aliphatic rings. The van der Waals surface area contributed by atoms with Crippen molar-refractivity contribution in [3.63, 3.8) is 0 Å². The number of nitrogens with two attached hydrogens (primary N) is 1. The molecule has 0 saturated heterocycles. The second kappa shape index (κ2) is 8.84. The number of benzene rings is 1. The Bertz CT molecular complexity index is 1030. The molecule has 5 heteroatoms. The molecule has 0 unspecified atom stereocenters. The molecule has 0 bridgehead atoms. The van der Waals surface area contributed by atoms with Gasteiger partial charge in [0.15, 0.2) is 0 Å². The van der Waals surface area contributed by atoms with Crippen LogP contribution < -0.4 is 5.73 Å². The molecular weight excluding hydrogens is 370 g/mol. The smallest absolute Gasteiger partial charge is 0.142 e. The summed E-state index contributed by atoms with van der Waals surface area (Å²) in [6.07, 6.45) is 9.90. The van der Waals surface area contributed by atoms with Crippen molar-refractivity contribution in [2.24, 2.45) is 0 Å². The van der Waals surface area contributed by atoms with Crippen molar-refractivity contribution in [3.8, 4) is 5.82 Å². The molecule has 1 aromatic carbocycles. The van der Waals surface area contributed by atoms with Crippen molar-refractivity contribution in [1.82, 2.24) is 19.4 Å². The Hall–Kier alpha value is -2.92. The Morgan fingerprint density at radius 2 is 2.00 bits per heavy atom. The summed E-state index contributed by atoms with van der Waals surface area (Å²) in [4.78, 5) is 11.2. The lowest BCUT2D eigenvalue weighted by atomic mass is 9.96. The minimum absolute atomic E-state index is 0.501. The maximum Gasteiger partial charge on any atom is 0.142 e. The largest absolute Gasteiger partial charge is 0.382 e. The van der Waals surface area contributed by atoms with Crippen LogP contribution in [0, 0.1) is 6.92 Å². The molecule has 0 atom stereocenters. The summed E-state index contributed by atoms with van der Waals surface area (Å²) >= 11 is 0. The highest BCUT2D eigenvalue weighted by molar-refractivity contribution is 5.72. The van der Waals surface area contributed by atoms with Crippen LogP contribution >= 0.6 is 0 Å². The number of nitrogen functional groups attached to an aromatic ring is 1. The van der Waals surface area contributed by atoms with Crippen LogP contribution in [0.1, 0.15) is 47.6 Å². The Balaban J connectivity index is 1.41. The molecular formula is C25H31N5. The second-order valence-electron chi connectivity index (χ2n) is 8.24. The van der Waals surface area contributed by atoms with E-state index in [4.69, 9.17) is 5.73 Å². The van der Waals surface area contributed by atoms with Crippen molar-refractivity contribution in [1.29, 1.82) is 0 Å². The van der Waals surface area contributed by atoms with Gasteiger partial charge in [0.25, 0.3) is 0 Å². The maximum atomic E-state index is 5.70. The van der Waals surface area contributed by atoms with Crippen LogP contribution in [0.2, 0.25) is 0 Å². The Morgan fingerprint density at radius 1 is 1.13 bits per heavy atom. The highest BCUT2D eigenvalue weighted by Crippen LogP contribution is 2.34. The Labute approximate surface area is 179 Å². The lowest BCUT2D eigenvalue weighted by molar-refractivity contribution is 0.269. The number of anilines is 1. The van der Waals surface area contributed by atoms with E-state index in [1.54, 1.807) is 12.5 Å². The standard InChI is InChI=1S/C25H31N5/c1-4-12-29(13-11-21-7-9-22-18(2)5-8-23(22)19(21)3)15-20-6-10-25(27-14-20)30-16-24(26)28-17-30/h6-7,9-10,14,16-17H,2,4-5,8,11-13,15,26H2,1,3H3. The number of hydrogen-bond donors (Lipinski definition) is 1. The summed E-state index contributed by atoms with van der Waals surface area (Å²) in [7, 11) is 0. The van der Waals surface area contributed by atoms with Gasteiger partial charge >= 0.3 is 0 Å². The molecule has 30 heavy (non-hydrogen) atoms. The van der Waals surface area contributed by atoms with Gasteiger partial charge in [0.2, 0.25) is 0 Å². The van der Waals surface area contributed by atoms with Gasteiger partial charge in [-0.2, -0.15) is 0 Å². The molecule has 2 aromatic heterocycles. The lowest BCUT2D eigenvalue weighted by Crippen LogP contribution is -2.27. The predicted molar refractivity (Wildman–Crippen MR) is 124 cm³/mol. The number of pyridine rings is 1. The van der Waals surface area contributed by atoms with E-state index < -0.39 is 0 Å². The predicted octanol–water partition coefficient (Wildman–Crippen LogP) is 4.57. The molecule has 0 aliphatic heterocycles. The summed E-state index contributed by atoms with van der Waals surface area (Å²) in [5.74, 6) is 1.33. The number of nitrogens with zero attached hydrogens (tertiary/aromatic N) is 4. The first-order valence-corrected chi connectivity index (χ1v) is 10.8. The van der Waals surface area contributed by atoms with Gasteiger partial charge in [0.1, 0.15) is 18.0 Å². The molecule has 0 saturated carbocycles. The van der Waals surface area contributed by atoms with Crippen LogP contribution in [-0.2, 0) is 19.4 Å². The summed E-state index contributed by atoms with van der Waals surface area (Å²) in [5.41, 5.74) is 14.0. The fourth-order valence-corrected chi connectivity index (χ4v) is 4.39. The van der Waals surface area contributed by atoms with E-state index in [-0.39, 0.29) is 0 Å². The highest BCUT2D eigenvalue weighted by Gasteiger charge is 2.18. The highest BCUT2D eigenvalue weighted by atomic mass is 15.1. The van der Waals surface area contributed by atoms with Crippen molar-refractivity contribution >= 4 is 11.4 Å². The van der Waals surface area contributed by atoms with Gasteiger partial charge in [-0.05, 0) is 78.6 Å². The molecule has 2 N–H and O–H groups in total. The summed E-state index contributed by atoms with van der Waals surface area (Å²) < 4.78 is 1.84. The van der Waals surface area contributed by atoms with Crippen LogP contribution in [0.3, 0.4) is 0 Å². The zero-order chi connectivity index (χ0) is 21.1. The molecule has 0 amide bonds. The van der Waals surface area contributed by atoms with Crippen molar-refractivity contribution in [2.75, 3.05) is 18.8 Å². The number of imidazole rings is 1. The van der Waals surface area contributed by atoms with E-state index in [1.807, 2.05) is 16.8 Å². The topological polar surface area (TPSA) is 60.0 Å². The number of fused-ring (bicyclic) bond motifs is 1. The summed E-state index contributed by atoms with van der Waals surface area (Å²) in [6.45, 7) is 11.8. The number of rotatable bonds is 8. The number of hydrogen-bond acceptors (Lipinski definition) is 4. The average Bonchev–Trinajstić information content (AvgIpc) is 3.34. The molecule has 4 rings (SSSR count). The molecule has 3 aromatic rings. The zero-order valence-electron chi connectivity index (χ0n) is 18.1. The van der Waals surface area contributed by atoms with Crippen LogP contribution in [0.25, 0.3) is 11.4 Å². The molecule has 0 fully saturated rings. The fraction of sp³-hybridized carbons (Fsp3) is 0.360. The van der Waals surface area contributed by atoms with Gasteiger partial charge in [0.05, 0.1) is 6.20 Å². The van der Waals surface area contributed by atoms with Crippen molar-refractivity contribution in [2.45, 2.75) is 46.1 Å². The summed E-state index contributed by atoms with van der Waals surface area (Å²) in [5, 5.41) is 0. The summed E-state index contributed by atoms with van der Waals surface area (Å²) in [6, 6.07) is 8.76. The Kier molecular flexibility index (Phi) is 6.00. The van der Waals surface area contributed by atoms with Gasteiger partial charge in [-0.1, -0.05) is 31.7 Å². The van der Waals surface area contributed by atoms with E-state index in [0.29, 0.717) is 5.82 Å². The van der Waals surface area contributed by atoms with E-state index in [0.717, 1.165) is 51.1 Å². The zero-order valence-corrected chi connectivity index (χ0v) is 18.1. The van der Waals surface area contributed by atoms with Crippen LogP contribution in [0.15, 0.2) is 49.6 Å². The minimum atomic E-state index is 0.501.